The van der Waals surface area contributed by atoms with Gasteiger partial charge in [0.05, 0.1) is 11.8 Å². The van der Waals surface area contributed by atoms with Gasteiger partial charge in [0.2, 0.25) is 0 Å². The Morgan fingerprint density at radius 2 is 2.11 bits per heavy atom. The van der Waals surface area contributed by atoms with Crippen molar-refractivity contribution in [1.82, 2.24) is 10.6 Å². The van der Waals surface area contributed by atoms with Crippen molar-refractivity contribution in [3.63, 3.8) is 0 Å². The van der Waals surface area contributed by atoms with Crippen molar-refractivity contribution in [3.05, 3.63) is 23.7 Å². The minimum absolute atomic E-state index is 0.0747. The van der Waals surface area contributed by atoms with Crippen molar-refractivity contribution >= 4 is 15.9 Å². The van der Waals surface area contributed by atoms with E-state index in [0.29, 0.717) is 5.76 Å². The minimum Gasteiger partial charge on any atom is -0.464 e. The lowest BCUT2D eigenvalue weighted by Crippen LogP contribution is -2.39. The Hall–Kier alpha value is -1.50. The van der Waals surface area contributed by atoms with E-state index in [1.54, 1.807) is 13.0 Å². The molecule has 102 valence electrons. The first-order valence-electron chi connectivity index (χ1n) is 5.56. The summed E-state index contributed by atoms with van der Waals surface area (Å²) in [5.74, 6) is 1.36. The average Bonchev–Trinajstić information content (AvgIpc) is 2.62. The fraction of sp³-hybridized carbons (Fsp3) is 0.545. The molecule has 1 aromatic heterocycles. The van der Waals surface area contributed by atoms with Crippen LogP contribution in [0.1, 0.15) is 24.5 Å². The Morgan fingerprint density at radius 1 is 1.44 bits per heavy atom. The van der Waals surface area contributed by atoms with Crippen LogP contribution in [0.15, 0.2) is 16.5 Å². The molecule has 1 atom stereocenters. The third kappa shape index (κ3) is 5.22. The van der Waals surface area contributed by atoms with Gasteiger partial charge in [-0.2, -0.15) is 0 Å². The number of carbonyl (C=O) groups is 1. The minimum atomic E-state index is -3.06. The van der Waals surface area contributed by atoms with Crippen molar-refractivity contribution in [2.24, 2.45) is 0 Å². The molecule has 1 aromatic rings. The number of aryl methyl sites for hydroxylation is 1. The molecular formula is C11H18N2O4S. The van der Waals surface area contributed by atoms with E-state index in [1.807, 2.05) is 13.0 Å². The number of hydrogen-bond acceptors (Lipinski definition) is 4. The van der Waals surface area contributed by atoms with Gasteiger partial charge in [-0.3, -0.25) is 0 Å². The Labute approximate surface area is 107 Å². The first-order chi connectivity index (χ1) is 8.28. The maximum atomic E-state index is 11.5. The molecule has 1 heterocycles. The van der Waals surface area contributed by atoms with Crippen molar-refractivity contribution in [2.45, 2.75) is 19.9 Å². The van der Waals surface area contributed by atoms with Gasteiger partial charge in [0, 0.05) is 12.8 Å². The van der Waals surface area contributed by atoms with Gasteiger partial charge < -0.3 is 15.1 Å². The Morgan fingerprint density at radius 3 is 2.61 bits per heavy atom. The summed E-state index contributed by atoms with van der Waals surface area (Å²) >= 11 is 0. The van der Waals surface area contributed by atoms with Gasteiger partial charge in [-0.25, -0.2) is 13.2 Å². The first kappa shape index (κ1) is 14.6. The largest absolute Gasteiger partial charge is 0.464 e. The van der Waals surface area contributed by atoms with E-state index in [9.17, 15) is 13.2 Å². The van der Waals surface area contributed by atoms with E-state index < -0.39 is 15.9 Å². The van der Waals surface area contributed by atoms with Crippen LogP contribution >= 0.6 is 0 Å². The third-order valence-electron chi connectivity index (χ3n) is 2.29. The molecule has 0 saturated heterocycles. The molecule has 0 bridgehead atoms. The molecule has 1 rings (SSSR count). The SMILES string of the molecule is Cc1ccc(C(C)NC(=O)NCCS(C)(=O)=O)o1. The van der Waals surface area contributed by atoms with Gasteiger partial charge in [-0.1, -0.05) is 0 Å². The second-order valence-electron chi connectivity index (χ2n) is 4.20. The van der Waals surface area contributed by atoms with Crippen molar-refractivity contribution in [1.29, 1.82) is 0 Å². The van der Waals surface area contributed by atoms with E-state index in [4.69, 9.17) is 4.42 Å². The summed E-state index contributed by atoms with van der Waals surface area (Å²) in [6, 6.07) is 2.92. The molecule has 1 unspecified atom stereocenters. The summed E-state index contributed by atoms with van der Waals surface area (Å²) in [6.45, 7) is 3.70. The number of furan rings is 1. The lowest BCUT2D eigenvalue weighted by molar-refractivity contribution is 0.236. The number of sulfone groups is 1. The number of hydrogen-bond donors (Lipinski definition) is 2. The molecule has 2 N–H and O–H groups in total. The fourth-order valence-corrected chi connectivity index (χ4v) is 1.83. The summed E-state index contributed by atoms with van der Waals surface area (Å²) in [5, 5.41) is 5.13. The number of rotatable bonds is 5. The van der Waals surface area contributed by atoms with Crippen LogP contribution in [-0.4, -0.2) is 33.0 Å². The standard InChI is InChI=1S/C11H18N2O4S/c1-8-4-5-10(17-8)9(2)13-11(14)12-6-7-18(3,15)16/h4-5,9H,6-7H2,1-3H3,(H2,12,13,14). The van der Waals surface area contributed by atoms with Crippen LogP contribution in [0.4, 0.5) is 4.79 Å². The van der Waals surface area contributed by atoms with Crippen molar-refractivity contribution in [3.8, 4) is 0 Å². The van der Waals surface area contributed by atoms with Crippen LogP contribution < -0.4 is 10.6 Å². The Balaban J connectivity index is 2.36. The second kappa shape index (κ2) is 5.90. The molecule has 0 fully saturated rings. The highest BCUT2D eigenvalue weighted by Gasteiger charge is 2.12. The summed E-state index contributed by atoms with van der Waals surface area (Å²) < 4.78 is 27.1. The van der Waals surface area contributed by atoms with Gasteiger partial charge in [-0.15, -0.1) is 0 Å². The van der Waals surface area contributed by atoms with Crippen molar-refractivity contribution in [2.75, 3.05) is 18.6 Å². The molecule has 7 heteroatoms. The van der Waals surface area contributed by atoms with Crippen LogP contribution in [0, 0.1) is 6.92 Å². The number of urea groups is 1. The molecule has 0 radical (unpaired) electrons. The normalized spacial score (nSPS) is 13.1. The lowest BCUT2D eigenvalue weighted by Gasteiger charge is -2.12. The zero-order valence-electron chi connectivity index (χ0n) is 10.7. The molecule has 0 aromatic carbocycles. The third-order valence-corrected chi connectivity index (χ3v) is 3.24. The number of carbonyl (C=O) groups excluding carboxylic acids is 1. The predicted molar refractivity (Wildman–Crippen MR) is 68.1 cm³/mol. The highest BCUT2D eigenvalue weighted by Crippen LogP contribution is 2.14. The topological polar surface area (TPSA) is 88.4 Å². The molecule has 2 amide bonds. The molecule has 0 aliphatic carbocycles. The Kier molecular flexibility index (Phi) is 4.77. The van der Waals surface area contributed by atoms with Crippen LogP contribution in [-0.2, 0) is 9.84 Å². The smallest absolute Gasteiger partial charge is 0.315 e. The number of nitrogens with one attached hydrogen (secondary N) is 2. The van der Waals surface area contributed by atoms with Gasteiger partial charge in [0.25, 0.3) is 0 Å². The Bertz CT molecular complexity index is 507. The summed E-state index contributed by atoms with van der Waals surface area (Å²) in [4.78, 5) is 11.5. The van der Waals surface area contributed by atoms with Crippen LogP contribution in [0.5, 0.6) is 0 Å². The maximum Gasteiger partial charge on any atom is 0.315 e. The van der Waals surface area contributed by atoms with E-state index in [2.05, 4.69) is 10.6 Å². The highest BCUT2D eigenvalue weighted by atomic mass is 32.2. The van der Waals surface area contributed by atoms with Gasteiger partial charge in [-0.05, 0) is 26.0 Å². The monoisotopic (exact) mass is 274 g/mol. The van der Waals surface area contributed by atoms with E-state index >= 15 is 0 Å². The molecule has 0 spiro atoms. The summed E-state index contributed by atoms with van der Waals surface area (Å²) in [6.07, 6.45) is 1.13. The van der Waals surface area contributed by atoms with Gasteiger partial charge >= 0.3 is 6.03 Å². The quantitative estimate of drug-likeness (QED) is 0.838. The molecule has 0 saturated carbocycles. The fourth-order valence-electron chi connectivity index (χ4n) is 1.35. The molecular weight excluding hydrogens is 256 g/mol. The molecule has 6 nitrogen and oxygen atoms in total. The predicted octanol–water partition coefficient (Wildman–Crippen LogP) is 0.993. The van der Waals surface area contributed by atoms with E-state index in [-0.39, 0.29) is 18.3 Å². The van der Waals surface area contributed by atoms with Crippen molar-refractivity contribution < 1.29 is 17.6 Å². The zero-order valence-corrected chi connectivity index (χ0v) is 11.5. The zero-order chi connectivity index (χ0) is 13.8. The highest BCUT2D eigenvalue weighted by molar-refractivity contribution is 7.90. The summed E-state index contributed by atoms with van der Waals surface area (Å²) in [7, 11) is -3.06. The number of amides is 2. The van der Waals surface area contributed by atoms with Gasteiger partial charge in [0.15, 0.2) is 0 Å². The molecule has 18 heavy (non-hydrogen) atoms. The van der Waals surface area contributed by atoms with Crippen LogP contribution in [0.2, 0.25) is 0 Å². The van der Waals surface area contributed by atoms with Crippen LogP contribution in [0.3, 0.4) is 0 Å². The van der Waals surface area contributed by atoms with Gasteiger partial charge in [0.1, 0.15) is 21.4 Å². The second-order valence-corrected chi connectivity index (χ2v) is 6.46. The van der Waals surface area contributed by atoms with Crippen LogP contribution in [0.25, 0.3) is 0 Å². The van der Waals surface area contributed by atoms with E-state index in [0.717, 1.165) is 12.0 Å². The molecule has 0 aliphatic heterocycles. The first-order valence-corrected chi connectivity index (χ1v) is 7.62. The molecule has 0 aliphatic rings. The average molecular weight is 274 g/mol. The van der Waals surface area contributed by atoms with E-state index in [1.165, 1.54) is 0 Å². The maximum absolute atomic E-state index is 11.5. The summed E-state index contributed by atoms with van der Waals surface area (Å²) in [5.41, 5.74) is 0. The lowest BCUT2D eigenvalue weighted by atomic mass is 10.2.